The Morgan fingerprint density at radius 2 is 1.26 bits per heavy atom. The molecule has 6 rings (SSSR count). The molecule has 0 saturated heterocycles. The van der Waals surface area contributed by atoms with Crippen molar-refractivity contribution in [2.45, 2.75) is 47.1 Å². The number of aryl methyl sites for hydroxylation is 2. The highest BCUT2D eigenvalue weighted by Crippen LogP contribution is 2.57. The van der Waals surface area contributed by atoms with E-state index in [-0.39, 0.29) is 5.78 Å². The number of ketones is 1. The van der Waals surface area contributed by atoms with Gasteiger partial charge in [-0.25, -0.2) is 0 Å². The molecule has 1 aromatic heterocycles. The Hall–Kier alpha value is -3.99. The van der Waals surface area contributed by atoms with Gasteiger partial charge in [0.2, 0.25) is 5.78 Å². The summed E-state index contributed by atoms with van der Waals surface area (Å²) in [7, 11) is 0. The SMILES string of the molecule is CCN(CC)c1ccc2c(c1)Oc1cc(N(CC)CC)ccc1C21c2ccccc2C(=O)c2c(C)cc(C)n21. The second-order valence-corrected chi connectivity index (χ2v) is 10.5. The molecule has 200 valence electrons. The molecule has 0 bridgehead atoms. The Morgan fingerprint density at radius 3 is 1.79 bits per heavy atom. The summed E-state index contributed by atoms with van der Waals surface area (Å²) < 4.78 is 9.10. The number of ether oxygens (including phenoxy) is 1. The largest absolute Gasteiger partial charge is 0.456 e. The van der Waals surface area contributed by atoms with Gasteiger partial charge >= 0.3 is 0 Å². The standard InChI is InChI=1S/C34H37N3O2/c1-7-35(8-2)24-15-17-28-30(20-24)39-31-21-25(36(9-3)10-4)16-18-29(31)34(28)27-14-12-11-13-26(27)33(38)32-22(5)19-23(6)37(32)34/h11-21H,7-10H2,1-6H3. The van der Waals surface area contributed by atoms with Crippen LogP contribution in [0.4, 0.5) is 11.4 Å². The van der Waals surface area contributed by atoms with E-state index in [2.05, 4.69) is 97.5 Å². The second-order valence-electron chi connectivity index (χ2n) is 10.5. The highest BCUT2D eigenvalue weighted by molar-refractivity contribution is 6.12. The molecule has 2 aliphatic heterocycles. The first-order chi connectivity index (χ1) is 18.9. The fraction of sp³-hybridized carbons (Fsp3) is 0.324. The number of hydrogen-bond donors (Lipinski definition) is 0. The number of carbonyl (C=O) groups is 1. The minimum absolute atomic E-state index is 0.0796. The van der Waals surface area contributed by atoms with Crippen LogP contribution in [0, 0.1) is 13.8 Å². The van der Waals surface area contributed by atoms with E-state index in [9.17, 15) is 4.79 Å². The molecule has 0 atom stereocenters. The molecule has 2 aliphatic rings. The summed E-state index contributed by atoms with van der Waals surface area (Å²) in [6, 6.07) is 23.5. The lowest BCUT2D eigenvalue weighted by Gasteiger charge is -2.47. The Balaban J connectivity index is 1.75. The van der Waals surface area contributed by atoms with Gasteiger partial charge in [-0.1, -0.05) is 36.4 Å². The zero-order valence-corrected chi connectivity index (χ0v) is 23.8. The van der Waals surface area contributed by atoms with Crippen molar-refractivity contribution in [3.05, 3.63) is 106 Å². The van der Waals surface area contributed by atoms with E-state index in [0.717, 1.165) is 88.3 Å². The summed E-state index contributed by atoms with van der Waals surface area (Å²) >= 11 is 0. The average Bonchev–Trinajstić information content (AvgIpc) is 3.26. The molecule has 5 nitrogen and oxygen atoms in total. The number of rotatable bonds is 6. The third kappa shape index (κ3) is 3.42. The summed E-state index contributed by atoms with van der Waals surface area (Å²) in [5.41, 5.74) is 8.23. The van der Waals surface area contributed by atoms with E-state index in [4.69, 9.17) is 4.74 Å². The maximum atomic E-state index is 14.0. The molecule has 3 aromatic carbocycles. The molecule has 39 heavy (non-hydrogen) atoms. The number of carbonyl (C=O) groups excluding carboxylic acids is 1. The number of benzene rings is 3. The number of anilines is 2. The van der Waals surface area contributed by atoms with Gasteiger partial charge in [0.15, 0.2) is 0 Å². The number of nitrogens with zero attached hydrogens (tertiary/aromatic N) is 3. The van der Waals surface area contributed by atoms with E-state index in [1.54, 1.807) is 0 Å². The first-order valence-corrected chi connectivity index (χ1v) is 14.2. The van der Waals surface area contributed by atoms with Crippen LogP contribution >= 0.6 is 0 Å². The van der Waals surface area contributed by atoms with Crippen LogP contribution in [0.2, 0.25) is 0 Å². The van der Waals surface area contributed by atoms with Gasteiger partial charge in [0.1, 0.15) is 17.0 Å². The van der Waals surface area contributed by atoms with Crippen LogP contribution in [0.1, 0.15) is 71.7 Å². The molecular formula is C34H37N3O2. The van der Waals surface area contributed by atoms with Crippen LogP contribution in [0.3, 0.4) is 0 Å². The molecule has 0 saturated carbocycles. The first kappa shape index (κ1) is 25.3. The Kier molecular flexibility index (Phi) is 6.05. The Bertz CT molecular complexity index is 1530. The molecular weight excluding hydrogens is 482 g/mol. The molecule has 3 heterocycles. The van der Waals surface area contributed by atoms with Gasteiger partial charge in [-0.2, -0.15) is 0 Å². The zero-order valence-electron chi connectivity index (χ0n) is 23.8. The predicted octanol–water partition coefficient (Wildman–Crippen LogP) is 7.29. The number of fused-ring (bicyclic) bond motifs is 8. The highest BCUT2D eigenvalue weighted by atomic mass is 16.5. The van der Waals surface area contributed by atoms with Crippen LogP contribution in [0.25, 0.3) is 0 Å². The summed E-state index contributed by atoms with van der Waals surface area (Å²) in [6.07, 6.45) is 0. The Morgan fingerprint density at radius 1 is 0.718 bits per heavy atom. The predicted molar refractivity (Wildman–Crippen MR) is 159 cm³/mol. The minimum atomic E-state index is -0.731. The number of aromatic nitrogens is 1. The number of hydrogen-bond acceptors (Lipinski definition) is 4. The minimum Gasteiger partial charge on any atom is -0.456 e. The monoisotopic (exact) mass is 519 g/mol. The van der Waals surface area contributed by atoms with Crippen molar-refractivity contribution in [3.63, 3.8) is 0 Å². The van der Waals surface area contributed by atoms with E-state index in [1.807, 2.05) is 25.1 Å². The molecule has 5 heteroatoms. The van der Waals surface area contributed by atoms with Crippen LogP contribution in [-0.4, -0.2) is 36.5 Å². The first-order valence-electron chi connectivity index (χ1n) is 14.2. The molecule has 0 amide bonds. The molecule has 0 unspecified atom stereocenters. The van der Waals surface area contributed by atoms with Crippen molar-refractivity contribution in [2.75, 3.05) is 36.0 Å². The van der Waals surface area contributed by atoms with Crippen molar-refractivity contribution in [2.24, 2.45) is 0 Å². The quantitative estimate of drug-likeness (QED) is 0.232. The molecule has 4 aromatic rings. The highest BCUT2D eigenvalue weighted by Gasteiger charge is 2.52. The summed E-state index contributed by atoms with van der Waals surface area (Å²) in [4.78, 5) is 18.6. The summed E-state index contributed by atoms with van der Waals surface area (Å²) in [6.45, 7) is 16.5. The van der Waals surface area contributed by atoms with Crippen molar-refractivity contribution >= 4 is 17.2 Å². The van der Waals surface area contributed by atoms with Gasteiger partial charge in [0.05, 0.1) is 5.69 Å². The molecule has 0 fully saturated rings. The lowest BCUT2D eigenvalue weighted by molar-refractivity contribution is 0.101. The van der Waals surface area contributed by atoms with Crippen molar-refractivity contribution in [3.8, 4) is 11.5 Å². The fourth-order valence-corrected chi connectivity index (χ4v) is 6.91. The summed E-state index contributed by atoms with van der Waals surface area (Å²) in [5, 5.41) is 0. The van der Waals surface area contributed by atoms with E-state index >= 15 is 0 Å². The lowest BCUT2D eigenvalue weighted by atomic mass is 9.70. The van der Waals surface area contributed by atoms with Gasteiger partial charge in [-0.15, -0.1) is 0 Å². The van der Waals surface area contributed by atoms with Gasteiger partial charge in [0.25, 0.3) is 0 Å². The molecule has 1 spiro atoms. The van der Waals surface area contributed by atoms with Crippen molar-refractivity contribution in [1.29, 1.82) is 0 Å². The van der Waals surface area contributed by atoms with E-state index < -0.39 is 5.54 Å². The van der Waals surface area contributed by atoms with Crippen molar-refractivity contribution < 1.29 is 9.53 Å². The molecule has 0 radical (unpaired) electrons. The topological polar surface area (TPSA) is 37.7 Å². The Labute approximate surface area is 231 Å². The van der Waals surface area contributed by atoms with Crippen LogP contribution in [0.15, 0.2) is 66.7 Å². The summed E-state index contributed by atoms with van der Waals surface area (Å²) in [5.74, 6) is 1.75. The lowest BCUT2D eigenvalue weighted by Crippen LogP contribution is -2.46. The van der Waals surface area contributed by atoms with Crippen LogP contribution < -0.4 is 14.5 Å². The maximum Gasteiger partial charge on any atom is 0.210 e. The van der Waals surface area contributed by atoms with Gasteiger partial charge in [0, 0.05) is 72.1 Å². The van der Waals surface area contributed by atoms with Gasteiger partial charge < -0.3 is 19.1 Å². The zero-order chi connectivity index (χ0) is 27.5. The normalized spacial score (nSPS) is 14.3. The third-order valence-corrected chi connectivity index (χ3v) is 8.67. The molecule has 0 N–H and O–H groups in total. The van der Waals surface area contributed by atoms with Crippen LogP contribution in [-0.2, 0) is 5.54 Å². The fourth-order valence-electron chi connectivity index (χ4n) is 6.91. The molecule has 0 aliphatic carbocycles. The maximum absolute atomic E-state index is 14.0. The van der Waals surface area contributed by atoms with Crippen LogP contribution in [0.5, 0.6) is 11.5 Å². The van der Waals surface area contributed by atoms with E-state index in [1.165, 1.54) is 0 Å². The average molecular weight is 520 g/mol. The van der Waals surface area contributed by atoms with E-state index in [0.29, 0.717) is 0 Å². The smallest absolute Gasteiger partial charge is 0.210 e. The van der Waals surface area contributed by atoms with Crippen molar-refractivity contribution in [1.82, 2.24) is 4.57 Å². The second kappa shape index (κ2) is 9.33. The van der Waals surface area contributed by atoms with Gasteiger partial charge in [-0.05, 0) is 70.9 Å². The third-order valence-electron chi connectivity index (χ3n) is 8.67. The van der Waals surface area contributed by atoms with Gasteiger partial charge in [-0.3, -0.25) is 4.79 Å².